The zero-order chi connectivity index (χ0) is 16.6. The highest BCUT2D eigenvalue weighted by Crippen LogP contribution is 2.17. The van der Waals surface area contributed by atoms with Gasteiger partial charge in [0.2, 0.25) is 0 Å². The Bertz CT molecular complexity index is 991. The maximum Gasteiger partial charge on any atom is 0.263 e. The van der Waals surface area contributed by atoms with Gasteiger partial charge >= 0.3 is 0 Å². The van der Waals surface area contributed by atoms with Gasteiger partial charge in [0.1, 0.15) is 5.82 Å². The van der Waals surface area contributed by atoms with E-state index in [1.807, 2.05) is 0 Å². The monoisotopic (exact) mass is 330 g/mol. The van der Waals surface area contributed by atoms with Crippen molar-refractivity contribution < 1.29 is 13.2 Å². The van der Waals surface area contributed by atoms with Crippen LogP contribution < -0.4 is 4.72 Å². The van der Waals surface area contributed by atoms with Crippen molar-refractivity contribution in [1.82, 2.24) is 14.6 Å². The second-order valence-corrected chi connectivity index (χ2v) is 6.75. The zero-order valence-electron chi connectivity index (χ0n) is 12.5. The molecule has 23 heavy (non-hydrogen) atoms. The molecule has 3 rings (SSSR count). The van der Waals surface area contributed by atoms with E-state index >= 15 is 0 Å². The topological polar surface area (TPSA) is 93.4 Å². The largest absolute Gasteiger partial charge is 0.295 e. The molecule has 0 aliphatic heterocycles. The number of aromatic nitrogens is 3. The molecule has 2 aromatic heterocycles. The lowest BCUT2D eigenvalue weighted by Gasteiger charge is -2.09. The van der Waals surface area contributed by atoms with Gasteiger partial charge in [-0.05, 0) is 32.0 Å². The Morgan fingerprint density at radius 3 is 2.52 bits per heavy atom. The summed E-state index contributed by atoms with van der Waals surface area (Å²) < 4.78 is 28.9. The van der Waals surface area contributed by atoms with Gasteiger partial charge in [-0.15, -0.1) is 0 Å². The lowest BCUT2D eigenvalue weighted by molar-refractivity contribution is 0.101. The van der Waals surface area contributed by atoms with Crippen molar-refractivity contribution in [3.05, 3.63) is 53.9 Å². The quantitative estimate of drug-likeness (QED) is 0.739. The number of hydrogen-bond acceptors (Lipinski definition) is 5. The average molecular weight is 330 g/mol. The van der Waals surface area contributed by atoms with Crippen LogP contribution in [0.1, 0.15) is 23.0 Å². The Morgan fingerprint density at radius 1 is 1.17 bits per heavy atom. The minimum atomic E-state index is -3.79. The van der Waals surface area contributed by atoms with Crippen LogP contribution in [0, 0.1) is 6.92 Å². The zero-order valence-corrected chi connectivity index (χ0v) is 13.3. The fourth-order valence-electron chi connectivity index (χ4n) is 2.15. The molecule has 1 N–H and O–H groups in total. The first-order valence-electron chi connectivity index (χ1n) is 6.82. The van der Waals surface area contributed by atoms with Crippen molar-refractivity contribution in [2.24, 2.45) is 0 Å². The molecule has 0 saturated carbocycles. The van der Waals surface area contributed by atoms with Gasteiger partial charge in [-0.25, -0.2) is 13.4 Å². The normalized spacial score (nSPS) is 11.6. The molecule has 0 unspecified atom stereocenters. The predicted molar refractivity (Wildman–Crippen MR) is 85.0 cm³/mol. The van der Waals surface area contributed by atoms with E-state index < -0.39 is 10.0 Å². The van der Waals surface area contributed by atoms with E-state index in [0.29, 0.717) is 17.0 Å². The Labute approximate surface area is 133 Å². The second kappa shape index (κ2) is 5.47. The SMILES string of the molecule is CC(=O)c1ccc(S(=O)(=O)Nc2ccnc3cc(C)nn23)cc1. The summed E-state index contributed by atoms with van der Waals surface area (Å²) in [6.45, 7) is 3.23. The predicted octanol–water partition coefficient (Wildman–Crippen LogP) is 2.04. The van der Waals surface area contributed by atoms with Crippen LogP contribution in [-0.4, -0.2) is 28.8 Å². The number of nitrogens with one attached hydrogen (secondary N) is 1. The number of carbonyl (C=O) groups excluding carboxylic acids is 1. The van der Waals surface area contributed by atoms with Gasteiger partial charge in [-0.1, -0.05) is 12.1 Å². The number of benzene rings is 1. The van der Waals surface area contributed by atoms with Gasteiger partial charge in [-0.2, -0.15) is 9.61 Å². The minimum Gasteiger partial charge on any atom is -0.295 e. The lowest BCUT2D eigenvalue weighted by atomic mass is 10.2. The minimum absolute atomic E-state index is 0.0661. The van der Waals surface area contributed by atoms with Crippen LogP contribution in [0.2, 0.25) is 0 Å². The fourth-order valence-corrected chi connectivity index (χ4v) is 3.19. The molecule has 0 fully saturated rings. The number of anilines is 1. The first-order valence-corrected chi connectivity index (χ1v) is 8.30. The van der Waals surface area contributed by atoms with Crippen LogP contribution in [0.15, 0.2) is 47.5 Å². The van der Waals surface area contributed by atoms with Gasteiger partial charge in [0.15, 0.2) is 11.4 Å². The van der Waals surface area contributed by atoms with Crippen molar-refractivity contribution in [3.8, 4) is 0 Å². The number of carbonyl (C=O) groups is 1. The first-order chi connectivity index (χ1) is 10.9. The Morgan fingerprint density at radius 2 is 1.87 bits per heavy atom. The highest BCUT2D eigenvalue weighted by molar-refractivity contribution is 7.92. The Balaban J connectivity index is 1.98. The molecule has 0 spiro atoms. The highest BCUT2D eigenvalue weighted by atomic mass is 32.2. The summed E-state index contributed by atoms with van der Waals surface area (Å²) in [5.41, 5.74) is 1.74. The summed E-state index contributed by atoms with van der Waals surface area (Å²) in [4.78, 5) is 15.5. The summed E-state index contributed by atoms with van der Waals surface area (Å²) >= 11 is 0. The standard InChI is InChI=1S/C15H14N4O3S/c1-10-9-15-16-8-7-14(19(15)17-10)18-23(21,22)13-5-3-12(4-6-13)11(2)20/h3-9,18H,1-2H3. The summed E-state index contributed by atoms with van der Waals surface area (Å²) in [6.07, 6.45) is 1.51. The number of Topliss-reactive ketones (excluding diaryl/α,β-unsaturated/α-hetero) is 1. The molecule has 0 saturated heterocycles. The van der Waals surface area contributed by atoms with Crippen molar-refractivity contribution in [1.29, 1.82) is 0 Å². The molecule has 0 aliphatic rings. The molecule has 118 valence electrons. The third-order valence-electron chi connectivity index (χ3n) is 3.29. The molecular weight excluding hydrogens is 316 g/mol. The van der Waals surface area contributed by atoms with Gasteiger partial charge in [0.05, 0.1) is 10.6 Å². The molecule has 7 nitrogen and oxygen atoms in total. The summed E-state index contributed by atoms with van der Waals surface area (Å²) in [6, 6.07) is 9.03. The second-order valence-electron chi connectivity index (χ2n) is 5.07. The van der Waals surface area contributed by atoms with E-state index in [0.717, 1.165) is 5.69 Å². The molecule has 0 bridgehead atoms. The number of rotatable bonds is 4. The van der Waals surface area contributed by atoms with Crippen molar-refractivity contribution in [3.63, 3.8) is 0 Å². The molecule has 0 aliphatic carbocycles. The van der Waals surface area contributed by atoms with Gasteiger partial charge in [-0.3, -0.25) is 9.52 Å². The number of nitrogens with zero attached hydrogens (tertiary/aromatic N) is 3. The van der Waals surface area contributed by atoms with Gasteiger partial charge in [0, 0.05) is 17.8 Å². The van der Waals surface area contributed by atoms with Crippen molar-refractivity contribution >= 4 is 27.3 Å². The Hall–Kier alpha value is -2.74. The van der Waals surface area contributed by atoms with Crippen LogP contribution in [-0.2, 0) is 10.0 Å². The molecule has 0 atom stereocenters. The molecule has 1 aromatic carbocycles. The molecule has 0 radical (unpaired) electrons. The van der Waals surface area contributed by atoms with Crippen LogP contribution in [0.4, 0.5) is 5.82 Å². The number of sulfonamides is 1. The summed E-state index contributed by atoms with van der Waals surface area (Å²) in [5.74, 6) is 0.170. The van der Waals surface area contributed by atoms with E-state index in [2.05, 4.69) is 14.8 Å². The summed E-state index contributed by atoms with van der Waals surface area (Å²) in [5, 5.41) is 4.21. The first kappa shape index (κ1) is 15.2. The third kappa shape index (κ3) is 2.93. The number of aryl methyl sites for hydroxylation is 1. The van der Waals surface area contributed by atoms with E-state index in [1.54, 1.807) is 13.0 Å². The van der Waals surface area contributed by atoms with E-state index in [4.69, 9.17) is 0 Å². The van der Waals surface area contributed by atoms with E-state index in [9.17, 15) is 13.2 Å². The summed E-state index contributed by atoms with van der Waals surface area (Å²) in [7, 11) is -3.79. The maximum absolute atomic E-state index is 12.5. The smallest absolute Gasteiger partial charge is 0.263 e. The molecular formula is C15H14N4O3S. The lowest BCUT2D eigenvalue weighted by Crippen LogP contribution is -2.16. The number of ketones is 1. The fraction of sp³-hybridized carbons (Fsp3) is 0.133. The number of fused-ring (bicyclic) bond motifs is 1. The molecule has 2 heterocycles. The molecule has 8 heteroatoms. The molecule has 3 aromatic rings. The van der Waals surface area contributed by atoms with Crippen molar-refractivity contribution in [2.75, 3.05) is 4.72 Å². The van der Waals surface area contributed by atoms with Crippen molar-refractivity contribution in [2.45, 2.75) is 18.7 Å². The maximum atomic E-state index is 12.5. The van der Waals surface area contributed by atoms with Gasteiger partial charge < -0.3 is 0 Å². The van der Waals surface area contributed by atoms with Crippen LogP contribution in [0.3, 0.4) is 0 Å². The molecule has 0 amide bonds. The van der Waals surface area contributed by atoms with E-state index in [-0.39, 0.29) is 10.7 Å². The van der Waals surface area contributed by atoms with Crippen LogP contribution in [0.5, 0.6) is 0 Å². The van der Waals surface area contributed by atoms with Gasteiger partial charge in [0.25, 0.3) is 10.0 Å². The van der Waals surface area contributed by atoms with E-state index in [1.165, 1.54) is 48.0 Å². The number of hydrogen-bond donors (Lipinski definition) is 1. The highest BCUT2D eigenvalue weighted by Gasteiger charge is 2.16. The van der Waals surface area contributed by atoms with Crippen LogP contribution in [0.25, 0.3) is 5.65 Å². The van der Waals surface area contributed by atoms with Crippen LogP contribution >= 0.6 is 0 Å². The average Bonchev–Trinajstić information content (AvgIpc) is 2.88. The third-order valence-corrected chi connectivity index (χ3v) is 4.66. The Kier molecular flexibility index (Phi) is 3.61.